The Morgan fingerprint density at radius 1 is 1.20 bits per heavy atom. The van der Waals surface area contributed by atoms with Crippen LogP contribution in [0.5, 0.6) is 5.75 Å². The van der Waals surface area contributed by atoms with Crippen LogP contribution < -0.4 is 5.32 Å². The van der Waals surface area contributed by atoms with Gasteiger partial charge in [-0.1, -0.05) is 42.5 Å². The third-order valence-corrected chi connectivity index (χ3v) is 4.05. The highest BCUT2D eigenvalue weighted by Crippen LogP contribution is 2.30. The minimum Gasteiger partial charge on any atom is -0.508 e. The maximum atomic E-state index is 12.6. The Kier molecular flexibility index (Phi) is 4.79. The van der Waals surface area contributed by atoms with Crippen molar-refractivity contribution in [3.05, 3.63) is 65.7 Å². The van der Waals surface area contributed by atoms with E-state index < -0.39 is 24.0 Å². The monoisotopic (exact) mass is 338 g/mol. The maximum absolute atomic E-state index is 12.6. The highest BCUT2D eigenvalue weighted by Gasteiger charge is 2.38. The number of carbonyl (C=O) groups excluding carboxylic acids is 2. The van der Waals surface area contributed by atoms with Crippen LogP contribution in [0.4, 0.5) is 4.79 Å². The molecule has 2 aromatic carbocycles. The third kappa shape index (κ3) is 3.85. The van der Waals surface area contributed by atoms with Crippen molar-refractivity contribution in [2.75, 3.05) is 0 Å². The number of ether oxygens (including phenoxy) is 1. The molecule has 0 saturated heterocycles. The molecule has 0 spiro atoms. The van der Waals surface area contributed by atoms with Gasteiger partial charge >= 0.3 is 12.0 Å². The zero-order chi connectivity index (χ0) is 17.8. The van der Waals surface area contributed by atoms with Gasteiger partial charge in [0.25, 0.3) is 0 Å². The van der Waals surface area contributed by atoms with Gasteiger partial charge in [0.15, 0.2) is 0 Å². The van der Waals surface area contributed by atoms with Crippen LogP contribution in [-0.2, 0) is 16.1 Å². The number of hydrogen-bond acceptors (Lipinski definition) is 4. The summed E-state index contributed by atoms with van der Waals surface area (Å²) in [6, 6.07) is 14.6. The smallest absolute Gasteiger partial charge is 0.341 e. The molecule has 0 fully saturated rings. The summed E-state index contributed by atoms with van der Waals surface area (Å²) in [6.45, 7) is 1.77. The average Bonchev–Trinajstić information content (AvgIpc) is 2.60. The quantitative estimate of drug-likeness (QED) is 0.839. The molecule has 1 aliphatic rings. The Balaban J connectivity index is 1.83. The summed E-state index contributed by atoms with van der Waals surface area (Å²) < 4.78 is 5.42. The summed E-state index contributed by atoms with van der Waals surface area (Å²) in [5.74, 6) is -1.16. The van der Waals surface area contributed by atoms with Gasteiger partial charge in [0.2, 0.25) is 0 Å². The number of amides is 2. The molecule has 1 heterocycles. The number of hydrogen-bond donors (Lipinski definition) is 2. The Bertz CT molecular complexity index is 817. The van der Waals surface area contributed by atoms with Crippen LogP contribution >= 0.6 is 0 Å². The fourth-order valence-corrected chi connectivity index (χ4v) is 2.84. The molecule has 3 rings (SSSR count). The normalized spacial score (nSPS) is 19.7. The van der Waals surface area contributed by atoms with E-state index in [0.29, 0.717) is 11.3 Å². The van der Waals surface area contributed by atoms with Crippen molar-refractivity contribution in [2.45, 2.75) is 19.6 Å². The molecule has 6 nitrogen and oxygen atoms in total. The molecule has 0 bridgehead atoms. The predicted octanol–water partition coefficient (Wildman–Crippen LogP) is 2.98. The number of phenols is 1. The second-order valence-electron chi connectivity index (χ2n) is 5.85. The molecule has 128 valence electrons. The molecule has 2 aromatic rings. The van der Waals surface area contributed by atoms with Crippen molar-refractivity contribution in [1.29, 1.82) is 0 Å². The van der Waals surface area contributed by atoms with Crippen molar-refractivity contribution < 1.29 is 19.4 Å². The zero-order valence-electron chi connectivity index (χ0n) is 13.7. The molecule has 0 radical (unpaired) electrons. The molecule has 0 saturated carbocycles. The lowest BCUT2D eigenvalue weighted by molar-refractivity contribution is -0.148. The van der Waals surface area contributed by atoms with Crippen LogP contribution in [0.2, 0.25) is 0 Å². The average molecular weight is 338 g/mol. The minimum absolute atomic E-state index is 0.0586. The Labute approximate surface area is 145 Å². The molecular formula is C19H18N2O4. The van der Waals surface area contributed by atoms with Crippen LogP contribution in [0.1, 0.15) is 24.1 Å². The van der Waals surface area contributed by atoms with Gasteiger partial charge in [-0.15, -0.1) is 0 Å². The summed E-state index contributed by atoms with van der Waals surface area (Å²) in [5.41, 5.74) is 1.87. The molecule has 2 amide bonds. The third-order valence-electron chi connectivity index (χ3n) is 4.05. The van der Waals surface area contributed by atoms with Crippen molar-refractivity contribution in [3.63, 3.8) is 0 Å². The summed E-state index contributed by atoms with van der Waals surface area (Å²) in [4.78, 5) is 28.3. The van der Waals surface area contributed by atoms with Crippen molar-refractivity contribution in [1.82, 2.24) is 5.32 Å². The SMILES string of the molecule is CC1=NC(=O)NC(c2cccc(O)c2)C1C(=O)OCc1ccccc1. The number of phenolic OH excluding ortho intramolecular Hbond substituents is 1. The van der Waals surface area contributed by atoms with Crippen molar-refractivity contribution >= 4 is 17.7 Å². The minimum atomic E-state index is -0.747. The Hall–Kier alpha value is -3.15. The second kappa shape index (κ2) is 7.17. The van der Waals surface area contributed by atoms with Gasteiger partial charge in [-0.3, -0.25) is 4.79 Å². The molecule has 0 aliphatic carbocycles. The first-order valence-electron chi connectivity index (χ1n) is 7.90. The predicted molar refractivity (Wildman–Crippen MR) is 92.2 cm³/mol. The van der Waals surface area contributed by atoms with Crippen molar-refractivity contribution in [2.24, 2.45) is 10.9 Å². The molecular weight excluding hydrogens is 320 g/mol. The van der Waals surface area contributed by atoms with E-state index >= 15 is 0 Å². The number of rotatable bonds is 4. The Morgan fingerprint density at radius 2 is 1.96 bits per heavy atom. The topological polar surface area (TPSA) is 88.0 Å². The number of benzene rings is 2. The second-order valence-corrected chi connectivity index (χ2v) is 5.85. The van der Waals surface area contributed by atoms with E-state index in [2.05, 4.69) is 10.3 Å². The van der Waals surface area contributed by atoms with Crippen LogP contribution in [0.3, 0.4) is 0 Å². The molecule has 25 heavy (non-hydrogen) atoms. The number of nitrogens with one attached hydrogen (secondary N) is 1. The summed E-state index contributed by atoms with van der Waals surface area (Å²) >= 11 is 0. The standard InChI is InChI=1S/C19H18N2O4/c1-12-16(18(23)25-11-13-6-3-2-4-7-13)17(21-19(24)20-12)14-8-5-9-15(22)10-14/h2-10,16-17,22H,11H2,1H3,(H,21,24). The number of aliphatic imine (C=N–C) groups is 1. The lowest BCUT2D eigenvalue weighted by Crippen LogP contribution is -2.44. The van der Waals surface area contributed by atoms with Gasteiger partial charge < -0.3 is 15.2 Å². The van der Waals surface area contributed by atoms with E-state index in [0.717, 1.165) is 5.56 Å². The molecule has 2 atom stereocenters. The van der Waals surface area contributed by atoms with Gasteiger partial charge in [0, 0.05) is 5.71 Å². The van der Waals surface area contributed by atoms with Crippen LogP contribution in [0.25, 0.3) is 0 Å². The molecule has 2 N–H and O–H groups in total. The van der Waals surface area contributed by atoms with E-state index in [4.69, 9.17) is 4.74 Å². The number of esters is 1. The maximum Gasteiger partial charge on any atom is 0.341 e. The molecule has 0 aromatic heterocycles. The fourth-order valence-electron chi connectivity index (χ4n) is 2.84. The highest BCUT2D eigenvalue weighted by atomic mass is 16.5. The highest BCUT2D eigenvalue weighted by molar-refractivity contribution is 6.08. The van der Waals surface area contributed by atoms with Gasteiger partial charge in [-0.25, -0.2) is 9.79 Å². The molecule has 6 heteroatoms. The molecule has 1 aliphatic heterocycles. The number of aromatic hydroxyl groups is 1. The fraction of sp³-hybridized carbons (Fsp3) is 0.211. The zero-order valence-corrected chi connectivity index (χ0v) is 13.7. The first-order chi connectivity index (χ1) is 12.0. The first-order valence-corrected chi connectivity index (χ1v) is 7.90. The van der Waals surface area contributed by atoms with Gasteiger partial charge in [0.1, 0.15) is 18.3 Å². The number of urea groups is 1. The lowest BCUT2D eigenvalue weighted by Gasteiger charge is -2.29. The van der Waals surface area contributed by atoms with E-state index in [1.54, 1.807) is 19.1 Å². The van der Waals surface area contributed by atoms with Crippen LogP contribution in [0.15, 0.2) is 59.6 Å². The van der Waals surface area contributed by atoms with Crippen molar-refractivity contribution in [3.8, 4) is 5.75 Å². The van der Waals surface area contributed by atoms with Gasteiger partial charge in [-0.2, -0.15) is 0 Å². The lowest BCUT2D eigenvalue weighted by atomic mass is 9.88. The number of carbonyl (C=O) groups is 2. The van der Waals surface area contributed by atoms with Crippen LogP contribution in [0, 0.1) is 5.92 Å². The number of nitrogens with zero attached hydrogens (tertiary/aromatic N) is 1. The van der Waals surface area contributed by atoms with E-state index in [-0.39, 0.29) is 12.4 Å². The summed E-state index contributed by atoms with van der Waals surface area (Å²) in [6.07, 6.45) is 0. The summed E-state index contributed by atoms with van der Waals surface area (Å²) in [7, 11) is 0. The van der Waals surface area contributed by atoms with E-state index in [1.807, 2.05) is 30.3 Å². The Morgan fingerprint density at radius 3 is 2.68 bits per heavy atom. The summed E-state index contributed by atoms with van der Waals surface area (Å²) in [5, 5.41) is 12.4. The van der Waals surface area contributed by atoms with Crippen LogP contribution in [-0.4, -0.2) is 22.8 Å². The van der Waals surface area contributed by atoms with Gasteiger partial charge in [-0.05, 0) is 30.2 Å². The molecule has 2 unspecified atom stereocenters. The first kappa shape index (κ1) is 16.7. The largest absolute Gasteiger partial charge is 0.508 e. The van der Waals surface area contributed by atoms with E-state index in [1.165, 1.54) is 12.1 Å². The van der Waals surface area contributed by atoms with E-state index in [9.17, 15) is 14.7 Å². The van der Waals surface area contributed by atoms with Gasteiger partial charge in [0.05, 0.1) is 6.04 Å².